The number of rotatable bonds is 15. The number of aryl methyl sites for hydroxylation is 3. The van der Waals surface area contributed by atoms with Gasteiger partial charge >= 0.3 is 0 Å². The minimum Gasteiger partial charge on any atom is -0.497 e. The van der Waals surface area contributed by atoms with Crippen LogP contribution in [0.3, 0.4) is 0 Å². The van der Waals surface area contributed by atoms with Gasteiger partial charge in [0.05, 0.1) is 142 Å². The number of carbonyl (C=O) groups is 3. The zero-order valence-electron chi connectivity index (χ0n) is 53.4. The molecular weight excluding hydrogens is 1300 g/mol. The van der Waals surface area contributed by atoms with Gasteiger partial charge in [-0.15, -0.1) is 0 Å². The summed E-state index contributed by atoms with van der Waals surface area (Å²) in [6, 6.07) is 21.3. The van der Waals surface area contributed by atoms with Gasteiger partial charge in [-0.1, -0.05) is 29.8 Å². The standard InChI is InChI=1S/C26H23F2N5O3.C21H16ClF2N3O3.C17H13F2N5O.C4H7N3/c1-32-12-15(11-29-32)9-20-24-21(31-25(30-20)23-18(27)5-4-6-19(23)28)14-33(26(24)34)13-16-7-8-17(35-2)10-22(16)36-3;1-29-12-7-6-11(16(8-12)30-2)9-27-10-15-18(21(27)28)19(22)26-20(25-15)17-13(23)4-3-5-14(17)24;1-24-8-9(6-21-24)5-12-15-13(7-20-17(15)25)23-16(22-12)14-10(18)3-2-4-11(14)19;1-7-3-4(5)2-6-7/h4-8,10-12H,9,13-14H2,1-3H3;3-8H,9-10H2,1-2H3;2-4,6,8H,5,7H2,1H3,(H,20,25);2-3H,5H2,1H3. The maximum absolute atomic E-state index is 14.6. The van der Waals surface area contributed by atoms with Crippen LogP contribution in [0.1, 0.15) is 81.8 Å². The van der Waals surface area contributed by atoms with E-state index in [1.807, 2.05) is 13.1 Å². The van der Waals surface area contributed by atoms with Gasteiger partial charge in [-0.05, 0) is 71.8 Å². The van der Waals surface area contributed by atoms with Crippen molar-refractivity contribution < 1.29 is 59.7 Å². The predicted molar refractivity (Wildman–Crippen MR) is 344 cm³/mol. The Kier molecular flexibility index (Phi) is 20.1. The predicted octanol–water partition coefficient (Wildman–Crippen LogP) is 10.2. The lowest BCUT2D eigenvalue weighted by atomic mass is 10.1. The van der Waals surface area contributed by atoms with E-state index in [1.165, 1.54) is 30.2 Å². The maximum atomic E-state index is 14.6. The molecule has 0 unspecified atom stereocenters. The first-order chi connectivity index (χ1) is 47.1. The Morgan fingerprint density at radius 2 is 0.878 bits per heavy atom. The van der Waals surface area contributed by atoms with Crippen LogP contribution in [0.15, 0.2) is 128 Å². The highest BCUT2D eigenvalue weighted by Crippen LogP contribution is 2.37. The van der Waals surface area contributed by atoms with Gasteiger partial charge in [0.15, 0.2) is 17.5 Å². The van der Waals surface area contributed by atoms with E-state index < -0.39 is 34.9 Å². The molecule has 3 amide bonds. The molecule has 0 spiro atoms. The van der Waals surface area contributed by atoms with Gasteiger partial charge in [0.25, 0.3) is 17.7 Å². The first-order valence-electron chi connectivity index (χ1n) is 29.8. The summed E-state index contributed by atoms with van der Waals surface area (Å²) in [6.07, 6.45) is 10.9. The monoisotopic (exact) mass is 1360 g/mol. The molecule has 0 aliphatic carbocycles. The molecule has 11 aromatic rings. The zero-order valence-corrected chi connectivity index (χ0v) is 54.2. The van der Waals surface area contributed by atoms with E-state index in [9.17, 15) is 40.7 Å². The van der Waals surface area contributed by atoms with E-state index in [4.69, 9.17) is 36.3 Å². The van der Waals surface area contributed by atoms with Gasteiger partial charge < -0.3 is 39.8 Å². The number of benzene rings is 5. The van der Waals surface area contributed by atoms with E-state index in [2.05, 4.69) is 50.5 Å². The molecule has 0 radical (unpaired) electrons. The van der Waals surface area contributed by atoms with Crippen molar-refractivity contribution in [3.8, 4) is 57.2 Å². The van der Waals surface area contributed by atoms with Crippen molar-refractivity contribution >= 4 is 35.0 Å². The first kappa shape index (κ1) is 67.7. The van der Waals surface area contributed by atoms with Crippen LogP contribution in [0.4, 0.5) is 32.0 Å². The summed E-state index contributed by atoms with van der Waals surface area (Å²) < 4.78 is 112. The number of amides is 3. The molecule has 98 heavy (non-hydrogen) atoms. The van der Waals surface area contributed by atoms with E-state index in [1.54, 1.807) is 122 Å². The summed E-state index contributed by atoms with van der Waals surface area (Å²) >= 11 is 6.21. The Morgan fingerprint density at radius 1 is 0.480 bits per heavy atom. The average molecular weight is 1360 g/mol. The number of fused-ring (bicyclic) bond motifs is 3. The molecule has 23 nitrogen and oxygen atoms in total. The molecule has 9 heterocycles. The fourth-order valence-electron chi connectivity index (χ4n) is 11.1. The van der Waals surface area contributed by atoms with Gasteiger partial charge in [-0.25, -0.2) is 56.2 Å². The normalized spacial score (nSPS) is 12.6. The Hall–Kier alpha value is -11.8. The molecule has 3 N–H and O–H groups in total. The lowest BCUT2D eigenvalue weighted by molar-refractivity contribution is 0.0757. The van der Waals surface area contributed by atoms with Crippen molar-refractivity contribution in [3.63, 3.8) is 0 Å². The number of anilines is 1. The number of halogens is 7. The number of hydrogen-bond donors (Lipinski definition) is 2. The molecular formula is C68H59ClF6N16O7. The number of hydrogen-bond acceptors (Lipinski definition) is 17. The number of nitrogen functional groups attached to an aromatic ring is 1. The highest BCUT2D eigenvalue weighted by Gasteiger charge is 2.37. The average Bonchev–Trinajstić information content (AvgIpc) is 1.58. The molecule has 0 fully saturated rings. The third-order valence-corrected chi connectivity index (χ3v) is 15.9. The third kappa shape index (κ3) is 14.6. The summed E-state index contributed by atoms with van der Waals surface area (Å²) in [4.78, 5) is 67.3. The minimum atomic E-state index is -0.810. The van der Waals surface area contributed by atoms with Crippen LogP contribution in [0.25, 0.3) is 34.2 Å². The van der Waals surface area contributed by atoms with Gasteiger partial charge in [0, 0.05) is 75.8 Å². The summed E-state index contributed by atoms with van der Waals surface area (Å²) in [5.41, 5.74) is 11.0. The van der Waals surface area contributed by atoms with E-state index in [0.29, 0.717) is 74.7 Å². The smallest absolute Gasteiger partial charge is 0.259 e. The fourth-order valence-corrected chi connectivity index (χ4v) is 11.3. The number of nitrogens with zero attached hydrogens (tertiary/aromatic N) is 14. The minimum absolute atomic E-state index is 0.0651. The number of methoxy groups -OCH3 is 4. The Labute approximate surface area is 560 Å². The highest BCUT2D eigenvalue weighted by atomic mass is 35.5. The molecule has 3 aliphatic rings. The van der Waals surface area contributed by atoms with Crippen molar-refractivity contribution in [1.82, 2.24) is 74.4 Å². The van der Waals surface area contributed by atoms with Crippen LogP contribution < -0.4 is 30.0 Å². The van der Waals surface area contributed by atoms with E-state index >= 15 is 0 Å². The molecule has 14 rings (SSSR count). The molecule has 0 bridgehead atoms. The second-order valence-corrected chi connectivity index (χ2v) is 22.6. The number of carbonyl (C=O) groups excluding carboxylic acids is 3. The Balaban J connectivity index is 0.000000143. The summed E-state index contributed by atoms with van der Waals surface area (Å²) in [7, 11) is 11.6. The number of ether oxygens (including phenoxy) is 4. The van der Waals surface area contributed by atoms with Crippen molar-refractivity contribution in [1.29, 1.82) is 0 Å². The van der Waals surface area contributed by atoms with Crippen LogP contribution in [0.5, 0.6) is 23.0 Å². The van der Waals surface area contributed by atoms with Crippen molar-refractivity contribution in [2.24, 2.45) is 21.1 Å². The highest BCUT2D eigenvalue weighted by molar-refractivity contribution is 6.33. The number of nitrogens with two attached hydrogens (primary N) is 1. The second-order valence-electron chi connectivity index (χ2n) is 22.3. The summed E-state index contributed by atoms with van der Waals surface area (Å²) in [5.74, 6) is -3.54. The van der Waals surface area contributed by atoms with Crippen molar-refractivity contribution in [3.05, 3.63) is 236 Å². The van der Waals surface area contributed by atoms with Crippen molar-refractivity contribution in [2.45, 2.75) is 45.6 Å². The second kappa shape index (κ2) is 29.1. The molecule has 0 saturated carbocycles. The van der Waals surface area contributed by atoms with Gasteiger partial charge in [-0.3, -0.25) is 28.4 Å². The lowest BCUT2D eigenvalue weighted by Crippen LogP contribution is -2.24. The summed E-state index contributed by atoms with van der Waals surface area (Å²) in [6.45, 7) is 0.962. The van der Waals surface area contributed by atoms with Crippen LogP contribution in [-0.2, 0) is 66.7 Å². The summed E-state index contributed by atoms with van der Waals surface area (Å²) in [5, 5.41) is 14.6. The van der Waals surface area contributed by atoms with Gasteiger partial charge in [0.1, 0.15) is 68.6 Å². The molecule has 502 valence electrons. The van der Waals surface area contributed by atoms with Gasteiger partial charge in [-0.2, -0.15) is 15.3 Å². The third-order valence-electron chi connectivity index (χ3n) is 15.6. The zero-order chi connectivity index (χ0) is 69.6. The molecule has 3 aliphatic heterocycles. The maximum Gasteiger partial charge on any atom is 0.259 e. The largest absolute Gasteiger partial charge is 0.497 e. The van der Waals surface area contributed by atoms with Crippen LogP contribution in [0.2, 0.25) is 5.15 Å². The van der Waals surface area contributed by atoms with E-state index in [0.717, 1.165) is 58.7 Å². The van der Waals surface area contributed by atoms with Crippen molar-refractivity contribution in [2.75, 3.05) is 34.2 Å². The number of nitrogens with one attached hydrogen (secondary N) is 1. The molecule has 5 aromatic carbocycles. The van der Waals surface area contributed by atoms with Crippen LogP contribution in [-0.4, -0.2) is 115 Å². The molecule has 30 heteroatoms. The lowest BCUT2D eigenvalue weighted by Gasteiger charge is -2.18. The van der Waals surface area contributed by atoms with Gasteiger partial charge in [0.2, 0.25) is 0 Å². The van der Waals surface area contributed by atoms with E-state index in [-0.39, 0.29) is 102 Å². The first-order valence-corrected chi connectivity index (χ1v) is 30.2. The van der Waals surface area contributed by atoms with Crippen LogP contribution >= 0.6 is 11.6 Å². The topological polar surface area (TPSA) is 263 Å². The van der Waals surface area contributed by atoms with Crippen LogP contribution in [0, 0.1) is 34.9 Å². The quantitative estimate of drug-likeness (QED) is 0.0714. The Bertz CT molecular complexity index is 4800. The number of aromatic nitrogens is 12. The fraction of sp³-hybridized carbons (Fsp3) is 0.206. The molecule has 0 saturated heterocycles. The SMILES string of the molecule is COc1ccc(CN2Cc3nc(-c4c(F)cccc4F)nc(Cc4cnn(C)c4)c3C2=O)c(OC)c1.COc1ccc(CN2Cc3nc(-c4c(F)cccc4F)nc(Cl)c3C2=O)c(OC)c1.Cn1cc(Cc2nc(-c3c(F)cccc3F)nc3c2C(=O)NC3)cn1.Cn1cc(N)cn1. The molecule has 0 atom stereocenters. The Morgan fingerprint density at radius 3 is 1.27 bits per heavy atom. The molecule has 6 aromatic heterocycles.